The first kappa shape index (κ1) is 14.1. The highest BCUT2D eigenvalue weighted by atomic mass is 16.5. The molecule has 0 amide bonds. The van der Waals surface area contributed by atoms with E-state index < -0.39 is 0 Å². The van der Waals surface area contributed by atoms with Crippen molar-refractivity contribution in [3.63, 3.8) is 0 Å². The molecule has 4 atom stereocenters. The second-order valence-electron chi connectivity index (χ2n) is 7.34. The molecule has 2 N–H and O–H groups in total. The van der Waals surface area contributed by atoms with Gasteiger partial charge in [0, 0.05) is 5.41 Å². The predicted molar refractivity (Wildman–Crippen MR) is 85.3 cm³/mol. The van der Waals surface area contributed by atoms with E-state index in [1.165, 1.54) is 16.7 Å². The van der Waals surface area contributed by atoms with Crippen LogP contribution >= 0.6 is 0 Å². The molecule has 3 unspecified atom stereocenters. The summed E-state index contributed by atoms with van der Waals surface area (Å²) in [5.41, 5.74) is 4.08. The van der Waals surface area contributed by atoms with Crippen molar-refractivity contribution in [3.8, 4) is 11.5 Å². The Morgan fingerprint density at radius 2 is 2.05 bits per heavy atom. The first-order chi connectivity index (χ1) is 10.5. The van der Waals surface area contributed by atoms with Gasteiger partial charge in [-0.1, -0.05) is 18.6 Å². The molecule has 3 aliphatic carbocycles. The van der Waals surface area contributed by atoms with Gasteiger partial charge in [-0.05, 0) is 67.2 Å². The summed E-state index contributed by atoms with van der Waals surface area (Å²) in [7, 11) is 1.61. The van der Waals surface area contributed by atoms with E-state index in [0.29, 0.717) is 17.6 Å². The molecule has 0 aromatic heterocycles. The van der Waals surface area contributed by atoms with Gasteiger partial charge in [0.15, 0.2) is 11.5 Å². The number of aryl methyl sites for hydroxylation is 1. The van der Waals surface area contributed by atoms with E-state index >= 15 is 0 Å². The molecule has 0 radical (unpaired) electrons. The number of hydrogen-bond donors (Lipinski definition) is 2. The summed E-state index contributed by atoms with van der Waals surface area (Å²) in [6.45, 7) is 2.24. The third kappa shape index (κ3) is 1.78. The van der Waals surface area contributed by atoms with Gasteiger partial charge in [0.1, 0.15) is 0 Å². The highest BCUT2D eigenvalue weighted by Gasteiger charge is 2.50. The van der Waals surface area contributed by atoms with Crippen LogP contribution < -0.4 is 4.74 Å². The molecule has 1 aromatic rings. The molecule has 0 spiro atoms. The lowest BCUT2D eigenvalue weighted by atomic mass is 9.58. The Morgan fingerprint density at radius 3 is 2.82 bits per heavy atom. The van der Waals surface area contributed by atoms with Gasteiger partial charge in [-0.3, -0.25) is 0 Å². The predicted octanol–water partition coefficient (Wildman–Crippen LogP) is 3.54. The third-order valence-electron chi connectivity index (χ3n) is 6.38. The van der Waals surface area contributed by atoms with Crippen LogP contribution in [0.4, 0.5) is 0 Å². The van der Waals surface area contributed by atoms with Gasteiger partial charge in [-0.25, -0.2) is 0 Å². The van der Waals surface area contributed by atoms with Crippen molar-refractivity contribution >= 4 is 0 Å². The van der Waals surface area contributed by atoms with Crippen molar-refractivity contribution in [2.45, 2.75) is 51.0 Å². The van der Waals surface area contributed by atoms with Gasteiger partial charge >= 0.3 is 0 Å². The summed E-state index contributed by atoms with van der Waals surface area (Å²) in [6.07, 6.45) is 7.17. The van der Waals surface area contributed by atoms with Crippen LogP contribution in [0.1, 0.15) is 49.7 Å². The van der Waals surface area contributed by atoms with Gasteiger partial charge < -0.3 is 14.9 Å². The van der Waals surface area contributed by atoms with E-state index in [-0.39, 0.29) is 17.3 Å². The van der Waals surface area contributed by atoms with Crippen LogP contribution in [-0.4, -0.2) is 23.4 Å². The van der Waals surface area contributed by atoms with Gasteiger partial charge in [0.05, 0.1) is 13.2 Å². The summed E-state index contributed by atoms with van der Waals surface area (Å²) in [5, 5.41) is 20.4. The van der Waals surface area contributed by atoms with Crippen molar-refractivity contribution in [1.82, 2.24) is 0 Å². The van der Waals surface area contributed by atoms with Crippen LogP contribution in [0, 0.1) is 11.3 Å². The Morgan fingerprint density at radius 1 is 1.23 bits per heavy atom. The van der Waals surface area contributed by atoms with Crippen LogP contribution in [-0.2, 0) is 6.42 Å². The third-order valence-corrected chi connectivity index (χ3v) is 6.38. The zero-order valence-corrected chi connectivity index (χ0v) is 13.3. The summed E-state index contributed by atoms with van der Waals surface area (Å²) >= 11 is 0. The highest BCUT2D eigenvalue weighted by molar-refractivity contribution is 5.50. The molecule has 0 bridgehead atoms. The highest BCUT2D eigenvalue weighted by Crippen LogP contribution is 2.59. The number of rotatable bonds is 1. The number of aliphatic hydroxyl groups excluding tert-OH is 1. The Balaban J connectivity index is 1.76. The molecule has 1 aromatic carbocycles. The average molecular weight is 300 g/mol. The van der Waals surface area contributed by atoms with E-state index in [1.807, 2.05) is 12.1 Å². The number of ether oxygens (including phenoxy) is 1. The Labute approximate surface area is 131 Å². The second kappa shape index (κ2) is 4.76. The van der Waals surface area contributed by atoms with E-state index in [0.717, 1.165) is 32.1 Å². The normalized spacial score (nSPS) is 36.1. The number of phenols is 1. The molecule has 118 valence electrons. The zero-order chi connectivity index (χ0) is 15.5. The lowest BCUT2D eigenvalue weighted by Crippen LogP contribution is -2.40. The summed E-state index contributed by atoms with van der Waals surface area (Å²) in [4.78, 5) is 0. The maximum absolute atomic E-state index is 10.4. The monoisotopic (exact) mass is 300 g/mol. The van der Waals surface area contributed by atoms with Crippen molar-refractivity contribution in [2.24, 2.45) is 11.3 Å². The number of aliphatic hydroxyl groups is 1. The summed E-state index contributed by atoms with van der Waals surface area (Å²) in [6, 6.07) is 3.92. The minimum atomic E-state index is -0.209. The van der Waals surface area contributed by atoms with Crippen molar-refractivity contribution in [2.75, 3.05) is 7.11 Å². The van der Waals surface area contributed by atoms with E-state index in [2.05, 4.69) is 13.0 Å². The maximum Gasteiger partial charge on any atom is 0.160 e. The van der Waals surface area contributed by atoms with E-state index in [4.69, 9.17) is 4.74 Å². The smallest absolute Gasteiger partial charge is 0.160 e. The fraction of sp³-hybridized carbons (Fsp3) is 0.579. The molecule has 0 saturated heterocycles. The second-order valence-corrected chi connectivity index (χ2v) is 7.34. The standard InChI is InChI=1S/C19H24O3/c1-19-8-7-12-13(15(19)5-6-18(19)21)4-3-11-9-16(20)17(22-2)10-14(11)12/h5,9-10,12-13,18,20-21H,3-4,6-8H2,1-2H3/t12?,13?,18-,19?/m0/s1. The lowest BCUT2D eigenvalue weighted by molar-refractivity contribution is 0.0471. The van der Waals surface area contributed by atoms with E-state index in [1.54, 1.807) is 7.11 Å². The van der Waals surface area contributed by atoms with Crippen LogP contribution in [0.25, 0.3) is 0 Å². The topological polar surface area (TPSA) is 49.7 Å². The molecular formula is C19H24O3. The quantitative estimate of drug-likeness (QED) is 0.780. The average Bonchev–Trinajstić information content (AvgIpc) is 2.82. The molecule has 1 fully saturated rings. The van der Waals surface area contributed by atoms with Crippen LogP contribution in [0.3, 0.4) is 0 Å². The van der Waals surface area contributed by atoms with Crippen molar-refractivity contribution < 1.29 is 14.9 Å². The van der Waals surface area contributed by atoms with E-state index in [9.17, 15) is 10.2 Å². The van der Waals surface area contributed by atoms with Crippen molar-refractivity contribution in [3.05, 3.63) is 34.9 Å². The number of benzene rings is 1. The number of fused-ring (bicyclic) bond motifs is 5. The molecular weight excluding hydrogens is 276 g/mol. The first-order valence-corrected chi connectivity index (χ1v) is 8.33. The maximum atomic E-state index is 10.4. The molecule has 3 nitrogen and oxygen atoms in total. The molecule has 22 heavy (non-hydrogen) atoms. The fourth-order valence-corrected chi connectivity index (χ4v) is 5.08. The van der Waals surface area contributed by atoms with Crippen LogP contribution in [0.5, 0.6) is 11.5 Å². The molecule has 0 aliphatic heterocycles. The first-order valence-electron chi connectivity index (χ1n) is 8.33. The van der Waals surface area contributed by atoms with Gasteiger partial charge in [0.2, 0.25) is 0 Å². The molecule has 0 heterocycles. The Kier molecular flexibility index (Phi) is 3.06. The fourth-order valence-electron chi connectivity index (χ4n) is 5.08. The van der Waals surface area contributed by atoms with Crippen LogP contribution in [0.2, 0.25) is 0 Å². The number of phenolic OH excluding ortho intramolecular Hbond substituents is 1. The molecule has 1 saturated carbocycles. The SMILES string of the molecule is COc1cc2c(cc1O)CCC1C3=CC[C@H](O)C3(C)CCC21. The largest absolute Gasteiger partial charge is 0.504 e. The van der Waals surface area contributed by atoms with Gasteiger partial charge in [-0.2, -0.15) is 0 Å². The molecule has 4 rings (SSSR count). The lowest BCUT2D eigenvalue weighted by Gasteiger charge is -2.47. The minimum Gasteiger partial charge on any atom is -0.504 e. The summed E-state index contributed by atoms with van der Waals surface area (Å²) < 4.78 is 5.31. The van der Waals surface area contributed by atoms with Gasteiger partial charge in [-0.15, -0.1) is 0 Å². The van der Waals surface area contributed by atoms with Gasteiger partial charge in [0.25, 0.3) is 0 Å². The molecule has 3 heteroatoms. The number of methoxy groups -OCH3 is 1. The zero-order valence-electron chi connectivity index (χ0n) is 13.3. The summed E-state index contributed by atoms with van der Waals surface area (Å²) in [5.74, 6) is 1.87. The Bertz CT molecular complexity index is 648. The molecule has 3 aliphatic rings. The van der Waals surface area contributed by atoms with Crippen molar-refractivity contribution in [1.29, 1.82) is 0 Å². The number of hydrogen-bond acceptors (Lipinski definition) is 3. The van der Waals surface area contributed by atoms with Crippen LogP contribution in [0.15, 0.2) is 23.8 Å². The minimum absolute atomic E-state index is 0.0142. The Hall–Kier alpha value is -1.48. The number of aromatic hydroxyl groups is 1.